The summed E-state index contributed by atoms with van der Waals surface area (Å²) < 4.78 is 107. The lowest BCUT2D eigenvalue weighted by molar-refractivity contribution is -0.287. The maximum atomic E-state index is 17.9. The minimum absolute atomic E-state index is 0.0718. The highest BCUT2D eigenvalue weighted by Crippen LogP contribution is 2.67. The SMILES string of the molecule is CC(C)(C)C1=CC2=CC=C3C(c4cc5c(cc4-c4ccc6c7c8c(ccc47)C=C(C(C)(C)C)CC8=CC6)-c4cc(C6=C7C=CC8=C9C(=CC=C(C=C6)C79)CC(C(C)(C)C)=C8)c(-c6ccc7c8c9c(ccc68)C=C(C(C)(C)C)CC9=CC7)cc4C5(C(F)(F)F)C(F)(F)F)=CC=C4C=CC(=C1)C2C43. The van der Waals surface area contributed by atoms with E-state index in [1.54, 1.807) is 12.1 Å². The Balaban J connectivity index is 0.915. The number of halogens is 6. The Morgan fingerprint density at radius 3 is 1.50 bits per heavy atom. The van der Waals surface area contributed by atoms with E-state index in [4.69, 9.17) is 0 Å². The van der Waals surface area contributed by atoms with Gasteiger partial charge in [-0.15, -0.1) is 0 Å². The van der Waals surface area contributed by atoms with Crippen molar-refractivity contribution in [2.45, 2.75) is 133 Å². The van der Waals surface area contributed by atoms with Crippen molar-refractivity contribution in [3.8, 4) is 33.4 Å². The van der Waals surface area contributed by atoms with Crippen LogP contribution in [0.3, 0.4) is 0 Å². The van der Waals surface area contributed by atoms with Gasteiger partial charge < -0.3 is 0 Å². The van der Waals surface area contributed by atoms with Crippen LogP contribution in [0.25, 0.3) is 89.4 Å². The van der Waals surface area contributed by atoms with Crippen LogP contribution in [0.1, 0.15) is 158 Å². The number of allylic oxidation sites excluding steroid dienone is 34. The van der Waals surface area contributed by atoms with Gasteiger partial charge in [-0.1, -0.05) is 264 Å². The van der Waals surface area contributed by atoms with Gasteiger partial charge in [-0.2, -0.15) is 26.3 Å². The second kappa shape index (κ2) is 20.5. The lowest BCUT2D eigenvalue weighted by Crippen LogP contribution is -2.53. The van der Waals surface area contributed by atoms with Crippen molar-refractivity contribution in [1.82, 2.24) is 0 Å². The molecule has 0 heterocycles. The molecule has 502 valence electrons. The van der Waals surface area contributed by atoms with Crippen LogP contribution < -0.4 is 0 Å². The zero-order chi connectivity index (χ0) is 70.0. The average molecular weight is 1340 g/mol. The van der Waals surface area contributed by atoms with Crippen molar-refractivity contribution < 1.29 is 26.3 Å². The second-order valence-corrected chi connectivity index (χ2v) is 34.8. The van der Waals surface area contributed by atoms with Crippen molar-refractivity contribution in [3.05, 3.63) is 304 Å². The quantitative estimate of drug-likeness (QED) is 0.154. The molecule has 0 fully saturated rings. The van der Waals surface area contributed by atoms with Crippen molar-refractivity contribution >= 4 is 56.0 Å². The Hall–Kier alpha value is -9.26. The van der Waals surface area contributed by atoms with E-state index in [0.29, 0.717) is 46.2 Å². The molecule has 3 atom stereocenters. The molecular weight excluding hydrogens is 1260 g/mol. The second-order valence-electron chi connectivity index (χ2n) is 34.8. The minimum Gasteiger partial charge on any atom is -0.169 e. The predicted octanol–water partition coefficient (Wildman–Crippen LogP) is 26.2. The third kappa shape index (κ3) is 8.81. The highest BCUT2D eigenvalue weighted by atomic mass is 19.4. The van der Waals surface area contributed by atoms with E-state index >= 15 is 26.3 Å². The normalized spacial score (nSPS) is 22.3. The molecule has 0 nitrogen and oxygen atoms in total. The van der Waals surface area contributed by atoms with Crippen molar-refractivity contribution in [1.29, 1.82) is 0 Å². The molecule has 0 amide bonds. The number of fused-ring (bicyclic) bond motifs is 3. The van der Waals surface area contributed by atoms with E-state index in [2.05, 4.69) is 235 Å². The molecule has 3 unspecified atom stereocenters. The maximum Gasteiger partial charge on any atom is 0.411 e. The molecule has 0 aliphatic heterocycles. The topological polar surface area (TPSA) is 0 Å². The van der Waals surface area contributed by atoms with Gasteiger partial charge in [-0.25, -0.2) is 0 Å². The summed E-state index contributed by atoms with van der Waals surface area (Å²) in [5.41, 5.74) is 22.1. The summed E-state index contributed by atoms with van der Waals surface area (Å²) in [7, 11) is 0. The van der Waals surface area contributed by atoms with Crippen LogP contribution in [0.5, 0.6) is 0 Å². The molecule has 0 saturated heterocycles. The van der Waals surface area contributed by atoms with Crippen molar-refractivity contribution in [3.63, 3.8) is 0 Å². The maximum absolute atomic E-state index is 17.9. The van der Waals surface area contributed by atoms with E-state index in [1.807, 2.05) is 12.1 Å². The number of alkyl halides is 6. The first kappa shape index (κ1) is 62.7. The van der Waals surface area contributed by atoms with Crippen LogP contribution in [-0.4, -0.2) is 12.4 Å². The summed E-state index contributed by atoms with van der Waals surface area (Å²) in [6, 6.07) is 23.0. The molecule has 0 bridgehead atoms. The van der Waals surface area contributed by atoms with Crippen LogP contribution in [0, 0.1) is 39.4 Å². The first-order valence-corrected chi connectivity index (χ1v) is 36.3. The third-order valence-electron chi connectivity index (χ3n) is 25.0. The summed E-state index contributed by atoms with van der Waals surface area (Å²) in [5, 5.41) is 3.81. The van der Waals surface area contributed by atoms with Gasteiger partial charge in [-0.05, 0) is 267 Å². The Labute approximate surface area is 588 Å². The summed E-state index contributed by atoms with van der Waals surface area (Å²) in [5.74, 6) is -0.539. The van der Waals surface area contributed by atoms with Crippen LogP contribution in [0.2, 0.25) is 0 Å². The lowest BCUT2D eigenvalue weighted by Gasteiger charge is -2.43. The van der Waals surface area contributed by atoms with Crippen LogP contribution >= 0.6 is 0 Å². The first-order valence-electron chi connectivity index (χ1n) is 36.3. The van der Waals surface area contributed by atoms with Gasteiger partial charge >= 0.3 is 12.4 Å². The predicted molar refractivity (Wildman–Crippen MR) is 406 cm³/mol. The van der Waals surface area contributed by atoms with Crippen LogP contribution in [0.4, 0.5) is 26.3 Å². The van der Waals surface area contributed by atoms with Gasteiger partial charge in [0.2, 0.25) is 5.41 Å². The summed E-state index contributed by atoms with van der Waals surface area (Å²) in [6.07, 6.45) is 33.7. The van der Waals surface area contributed by atoms with Gasteiger partial charge in [0.25, 0.3) is 0 Å². The smallest absolute Gasteiger partial charge is 0.169 e. The van der Waals surface area contributed by atoms with E-state index in [-0.39, 0.29) is 50.5 Å². The van der Waals surface area contributed by atoms with E-state index in [0.717, 1.165) is 124 Å². The van der Waals surface area contributed by atoms with E-state index in [9.17, 15) is 0 Å². The van der Waals surface area contributed by atoms with E-state index < -0.39 is 28.9 Å². The fourth-order valence-electron chi connectivity index (χ4n) is 19.6. The Bertz CT molecular complexity index is 5610. The molecule has 6 heteroatoms. The molecular formula is C95H80F6. The molecule has 19 rings (SSSR count). The van der Waals surface area contributed by atoms with Gasteiger partial charge in [0.05, 0.1) is 0 Å². The largest absolute Gasteiger partial charge is 0.411 e. The Kier molecular flexibility index (Phi) is 12.7. The lowest BCUT2D eigenvalue weighted by atomic mass is 9.60. The Morgan fingerprint density at radius 1 is 0.396 bits per heavy atom. The van der Waals surface area contributed by atoms with Crippen molar-refractivity contribution in [2.24, 2.45) is 39.4 Å². The van der Waals surface area contributed by atoms with Crippen LogP contribution in [-0.2, 0) is 18.3 Å². The summed E-state index contributed by atoms with van der Waals surface area (Å²) in [6.45, 7) is 26.8. The molecule has 6 aromatic rings. The molecule has 0 aromatic heterocycles. The van der Waals surface area contributed by atoms with E-state index in [1.165, 1.54) is 56.7 Å². The number of hydrogen-bond acceptors (Lipinski definition) is 0. The number of hydrogen-bond donors (Lipinski definition) is 0. The molecule has 13 aliphatic rings. The third-order valence-corrected chi connectivity index (χ3v) is 25.0. The summed E-state index contributed by atoms with van der Waals surface area (Å²) >= 11 is 0. The van der Waals surface area contributed by atoms with Gasteiger partial charge in [-0.3, -0.25) is 0 Å². The molecule has 0 saturated carbocycles. The number of benzene rings is 6. The highest BCUT2D eigenvalue weighted by Gasteiger charge is 2.76. The molecule has 0 radical (unpaired) electrons. The molecule has 0 spiro atoms. The first-order chi connectivity index (χ1) is 47.8. The monoisotopic (exact) mass is 1330 g/mol. The van der Waals surface area contributed by atoms with Gasteiger partial charge in [0.15, 0.2) is 0 Å². The Morgan fingerprint density at radius 2 is 0.921 bits per heavy atom. The fourth-order valence-corrected chi connectivity index (χ4v) is 19.6. The fraction of sp³-hybridized carbons (Fsp3) is 0.284. The summed E-state index contributed by atoms with van der Waals surface area (Å²) in [4.78, 5) is 0. The molecule has 101 heavy (non-hydrogen) atoms. The zero-order valence-corrected chi connectivity index (χ0v) is 59.4. The molecule has 13 aliphatic carbocycles. The standard InChI is InChI=1S/C95H80F6/c1-89(2,3)61-37-53-17-13-49-21-29-65(69-33-25-57(41-61)81(53)85(49)69)73-45-77-78-46-74(66-30-22-50-14-18-54-38-62(90(4,5)6)42-58-26-34-70(66)86(50)82(54)58)76(68-32-24-52-16-20-56-40-64(92(10,11)12)44-60-28-36-72(68)88(52)84(56)60)48-80(78)93(94(96,97)98,95(99,100)101)79(77)47-75(73)67-31-23-51-15-19-55-39-63(91(7,8)9)43-59-27-35-71(67)87(51)83(55)59/h13,16-36,40-48,84-85,88H,14-15,37-39H2,1-12H3. The highest BCUT2D eigenvalue weighted by molar-refractivity contribution is 6.13. The molecule has 6 aromatic carbocycles. The number of rotatable bonds is 4. The minimum atomic E-state index is -5.88. The molecule has 0 N–H and O–H groups in total. The van der Waals surface area contributed by atoms with Gasteiger partial charge in [0.1, 0.15) is 0 Å². The zero-order valence-electron chi connectivity index (χ0n) is 59.4. The van der Waals surface area contributed by atoms with Crippen LogP contribution in [0.15, 0.2) is 249 Å². The van der Waals surface area contributed by atoms with Gasteiger partial charge in [0, 0.05) is 17.8 Å². The van der Waals surface area contributed by atoms with Crippen molar-refractivity contribution in [2.75, 3.05) is 0 Å². The average Bonchev–Trinajstić information content (AvgIpc) is 1.54.